The lowest BCUT2D eigenvalue weighted by atomic mass is 9.99. The summed E-state index contributed by atoms with van der Waals surface area (Å²) in [4.78, 5) is 22.1. The molecule has 5 rings (SSSR count). The number of anilines is 1. The zero-order valence-electron chi connectivity index (χ0n) is 17.2. The van der Waals surface area contributed by atoms with Crippen molar-refractivity contribution in [2.45, 2.75) is 50.5 Å². The Morgan fingerprint density at radius 2 is 2.00 bits per heavy atom. The van der Waals surface area contributed by atoms with Crippen molar-refractivity contribution in [3.05, 3.63) is 29.1 Å². The maximum atomic E-state index is 12.8. The number of amides is 1. The van der Waals surface area contributed by atoms with E-state index in [0.717, 1.165) is 49.3 Å². The van der Waals surface area contributed by atoms with Crippen LogP contribution in [0.1, 0.15) is 61.3 Å². The molecule has 1 aliphatic heterocycles. The highest BCUT2D eigenvalue weighted by molar-refractivity contribution is 6.08. The highest BCUT2D eigenvalue weighted by Crippen LogP contribution is 2.44. The first-order valence-electron chi connectivity index (χ1n) is 11.1. The van der Waals surface area contributed by atoms with Gasteiger partial charge in [0, 0.05) is 55.0 Å². The van der Waals surface area contributed by atoms with E-state index in [1.54, 1.807) is 0 Å². The lowest BCUT2D eigenvalue weighted by Gasteiger charge is -2.43. The topological polar surface area (TPSA) is 110 Å². The number of piperazine rings is 1. The smallest absolute Gasteiger partial charge is 0.226 e. The molecule has 0 bridgehead atoms. The molecule has 1 aromatic heterocycles. The van der Waals surface area contributed by atoms with Gasteiger partial charge in [-0.15, -0.1) is 0 Å². The number of rotatable bonds is 6. The fourth-order valence-electron chi connectivity index (χ4n) is 4.68. The van der Waals surface area contributed by atoms with E-state index in [1.165, 1.54) is 25.3 Å². The van der Waals surface area contributed by atoms with Crippen LogP contribution in [0.4, 0.5) is 5.82 Å². The van der Waals surface area contributed by atoms with E-state index >= 15 is 0 Å². The third-order valence-corrected chi connectivity index (χ3v) is 6.86. The van der Waals surface area contributed by atoms with Gasteiger partial charge >= 0.3 is 0 Å². The molecule has 3 saturated carbocycles. The molecule has 7 nitrogen and oxygen atoms in total. The number of allylic oxidation sites excluding steroid dienone is 1. The number of nitrogens with one attached hydrogen (secondary N) is 1. The number of carbonyl (C=O) groups is 1. The number of pyridine rings is 1. The van der Waals surface area contributed by atoms with Gasteiger partial charge in [-0.25, -0.2) is 4.98 Å². The number of nitriles is 1. The zero-order chi connectivity index (χ0) is 20.8. The van der Waals surface area contributed by atoms with Gasteiger partial charge in [0.25, 0.3) is 0 Å². The number of aromatic nitrogens is 1. The van der Waals surface area contributed by atoms with Gasteiger partial charge in [0.05, 0.1) is 17.3 Å². The second-order valence-corrected chi connectivity index (χ2v) is 9.10. The van der Waals surface area contributed by atoms with Crippen molar-refractivity contribution in [3.8, 4) is 6.07 Å². The van der Waals surface area contributed by atoms with E-state index in [1.807, 2.05) is 6.07 Å². The maximum absolute atomic E-state index is 12.8. The molecule has 1 unspecified atom stereocenters. The third kappa shape index (κ3) is 3.45. The van der Waals surface area contributed by atoms with Crippen LogP contribution in [0.25, 0.3) is 5.57 Å². The Labute approximate surface area is 177 Å². The second kappa shape index (κ2) is 7.42. The predicted molar refractivity (Wildman–Crippen MR) is 115 cm³/mol. The molecule has 3 N–H and O–H groups in total. The van der Waals surface area contributed by atoms with Crippen LogP contribution in [-0.2, 0) is 4.79 Å². The minimum atomic E-state index is 0.227. The molecule has 3 aliphatic carbocycles. The van der Waals surface area contributed by atoms with Crippen LogP contribution in [0.2, 0.25) is 0 Å². The van der Waals surface area contributed by atoms with Crippen LogP contribution in [0.5, 0.6) is 0 Å². The fraction of sp³-hybridized carbons (Fsp3) is 0.565. The Balaban J connectivity index is 1.47. The summed E-state index contributed by atoms with van der Waals surface area (Å²) in [7, 11) is 0. The molecule has 1 amide bonds. The van der Waals surface area contributed by atoms with E-state index in [2.05, 4.69) is 15.9 Å². The highest BCUT2D eigenvalue weighted by Gasteiger charge is 2.45. The van der Waals surface area contributed by atoms with Gasteiger partial charge in [-0.3, -0.25) is 4.79 Å². The van der Waals surface area contributed by atoms with Crippen molar-refractivity contribution < 1.29 is 4.79 Å². The van der Waals surface area contributed by atoms with Crippen LogP contribution < -0.4 is 10.6 Å². The highest BCUT2D eigenvalue weighted by atomic mass is 16.2. The van der Waals surface area contributed by atoms with Crippen molar-refractivity contribution in [2.24, 2.45) is 17.6 Å². The molecule has 1 aromatic rings. The van der Waals surface area contributed by atoms with Crippen molar-refractivity contribution in [3.63, 3.8) is 0 Å². The zero-order valence-corrected chi connectivity index (χ0v) is 17.2. The molecular weight excluding hydrogens is 376 g/mol. The van der Waals surface area contributed by atoms with Crippen LogP contribution in [-0.4, -0.2) is 47.7 Å². The SMILES string of the molecule is N#Cc1cc(/C(C=N)=C/N)c(C2CC2)nc1N1CCN(C(=O)C2CC2)C(C2CC2)C1. The Kier molecular flexibility index (Phi) is 4.73. The van der Waals surface area contributed by atoms with Crippen molar-refractivity contribution in [1.29, 1.82) is 10.7 Å². The summed E-state index contributed by atoms with van der Waals surface area (Å²) >= 11 is 0. The minimum absolute atomic E-state index is 0.227. The first kappa shape index (κ1) is 19.1. The van der Waals surface area contributed by atoms with E-state index in [-0.39, 0.29) is 12.0 Å². The van der Waals surface area contributed by atoms with E-state index in [0.29, 0.717) is 42.0 Å². The summed E-state index contributed by atoms with van der Waals surface area (Å²) < 4.78 is 0. The average Bonchev–Trinajstić information content (AvgIpc) is 3.63. The molecule has 0 aromatic carbocycles. The van der Waals surface area contributed by atoms with Gasteiger partial charge in [0.2, 0.25) is 5.91 Å². The summed E-state index contributed by atoms with van der Waals surface area (Å²) in [5.41, 5.74) is 8.61. The standard InChI is InChI=1S/C23H28N6O/c24-10-17-9-19(18(11-25)12-26)21(15-3-4-15)27-22(17)28-7-8-29(23(30)16-5-6-16)20(13-28)14-1-2-14/h9,11-12,14-16,20,25H,1-8,13,26H2/b18-12+,25-11?. The van der Waals surface area contributed by atoms with Gasteiger partial charge in [0.15, 0.2) is 0 Å². The van der Waals surface area contributed by atoms with Crippen LogP contribution in [0, 0.1) is 28.6 Å². The lowest BCUT2D eigenvalue weighted by Crippen LogP contribution is -2.57. The Morgan fingerprint density at radius 1 is 1.23 bits per heavy atom. The normalized spacial score (nSPS) is 24.5. The minimum Gasteiger partial charge on any atom is -0.404 e. The molecule has 4 aliphatic rings. The number of hydrogen-bond acceptors (Lipinski definition) is 6. The Hall–Kier alpha value is -2.88. The number of hydrogen-bond donors (Lipinski definition) is 2. The number of nitrogens with two attached hydrogens (primary N) is 1. The summed E-state index contributed by atoms with van der Waals surface area (Å²) in [5.74, 6) is 2.26. The second-order valence-electron chi connectivity index (χ2n) is 9.10. The molecule has 2 heterocycles. The Bertz CT molecular complexity index is 951. The summed E-state index contributed by atoms with van der Waals surface area (Å²) in [6, 6.07) is 4.40. The lowest BCUT2D eigenvalue weighted by molar-refractivity contribution is -0.135. The van der Waals surface area contributed by atoms with Gasteiger partial charge in [-0.2, -0.15) is 5.26 Å². The summed E-state index contributed by atoms with van der Waals surface area (Å²) in [6.45, 7) is 2.16. The fourth-order valence-corrected chi connectivity index (χ4v) is 4.68. The third-order valence-electron chi connectivity index (χ3n) is 6.86. The first-order valence-corrected chi connectivity index (χ1v) is 11.1. The molecule has 0 radical (unpaired) electrons. The van der Waals surface area contributed by atoms with Crippen LogP contribution >= 0.6 is 0 Å². The van der Waals surface area contributed by atoms with Crippen molar-refractivity contribution in [2.75, 3.05) is 24.5 Å². The van der Waals surface area contributed by atoms with Crippen molar-refractivity contribution >= 4 is 23.5 Å². The van der Waals surface area contributed by atoms with E-state index in [9.17, 15) is 10.1 Å². The number of carbonyl (C=O) groups excluding carboxylic acids is 1. The summed E-state index contributed by atoms with van der Waals surface area (Å²) in [5, 5.41) is 17.5. The van der Waals surface area contributed by atoms with Crippen LogP contribution in [0.3, 0.4) is 0 Å². The summed E-state index contributed by atoms with van der Waals surface area (Å²) in [6.07, 6.45) is 9.24. The molecule has 7 heteroatoms. The quantitative estimate of drug-likeness (QED) is 0.708. The molecule has 156 valence electrons. The first-order chi connectivity index (χ1) is 14.6. The van der Waals surface area contributed by atoms with Gasteiger partial charge < -0.3 is 20.9 Å². The monoisotopic (exact) mass is 404 g/mol. The molecule has 0 spiro atoms. The molecular formula is C23H28N6O. The largest absolute Gasteiger partial charge is 0.404 e. The molecule has 4 fully saturated rings. The average molecular weight is 405 g/mol. The van der Waals surface area contributed by atoms with E-state index < -0.39 is 0 Å². The molecule has 1 saturated heterocycles. The Morgan fingerprint density at radius 3 is 2.57 bits per heavy atom. The van der Waals surface area contributed by atoms with Gasteiger partial charge in [0.1, 0.15) is 11.9 Å². The predicted octanol–water partition coefficient (Wildman–Crippen LogP) is 2.62. The number of nitrogens with zero attached hydrogens (tertiary/aromatic N) is 4. The van der Waals surface area contributed by atoms with Gasteiger partial charge in [-0.05, 0) is 50.5 Å². The van der Waals surface area contributed by atoms with Crippen LogP contribution in [0.15, 0.2) is 12.3 Å². The van der Waals surface area contributed by atoms with Crippen molar-refractivity contribution in [1.82, 2.24) is 9.88 Å². The van der Waals surface area contributed by atoms with Gasteiger partial charge in [-0.1, -0.05) is 0 Å². The maximum Gasteiger partial charge on any atom is 0.226 e. The van der Waals surface area contributed by atoms with E-state index in [4.69, 9.17) is 16.1 Å². The molecule has 1 atom stereocenters. The molecule has 30 heavy (non-hydrogen) atoms.